The second-order valence-corrected chi connectivity index (χ2v) is 6.45. The van der Waals surface area contributed by atoms with Gasteiger partial charge < -0.3 is 9.26 Å². The van der Waals surface area contributed by atoms with Gasteiger partial charge in [0, 0.05) is 30.1 Å². The van der Waals surface area contributed by atoms with Crippen LogP contribution in [0.25, 0.3) is 0 Å². The van der Waals surface area contributed by atoms with Crippen molar-refractivity contribution in [3.63, 3.8) is 0 Å². The molecule has 0 fully saturated rings. The Morgan fingerprint density at radius 1 is 1.36 bits per heavy atom. The molecule has 0 bridgehead atoms. The molecule has 1 aliphatic rings. The van der Waals surface area contributed by atoms with Crippen molar-refractivity contribution in [3.8, 4) is 5.75 Å². The second kappa shape index (κ2) is 6.67. The highest BCUT2D eigenvalue weighted by atomic mass is 35.5. The van der Waals surface area contributed by atoms with Gasteiger partial charge in [-0.3, -0.25) is 4.90 Å². The van der Waals surface area contributed by atoms with Crippen LogP contribution >= 0.6 is 11.6 Å². The van der Waals surface area contributed by atoms with E-state index in [-0.39, 0.29) is 0 Å². The van der Waals surface area contributed by atoms with E-state index in [4.69, 9.17) is 20.9 Å². The zero-order chi connectivity index (χ0) is 15.5. The summed E-state index contributed by atoms with van der Waals surface area (Å²) < 4.78 is 11.1. The number of hydrogen-bond donors (Lipinski definition) is 0. The molecule has 0 unspecified atom stereocenters. The zero-order valence-corrected chi connectivity index (χ0v) is 13.6. The maximum atomic E-state index is 6.08. The van der Waals surface area contributed by atoms with Gasteiger partial charge in [-0.05, 0) is 24.1 Å². The highest BCUT2D eigenvalue weighted by molar-refractivity contribution is 6.30. The van der Waals surface area contributed by atoms with E-state index in [2.05, 4.69) is 28.9 Å². The van der Waals surface area contributed by atoms with Gasteiger partial charge in [0.25, 0.3) is 0 Å². The first-order valence-corrected chi connectivity index (χ1v) is 7.93. The molecule has 0 aliphatic carbocycles. The number of nitrogens with zero attached hydrogens (tertiary/aromatic N) is 3. The van der Waals surface area contributed by atoms with Gasteiger partial charge in [0.15, 0.2) is 5.82 Å². The first-order chi connectivity index (χ1) is 10.6. The molecule has 2 aromatic rings. The molecule has 2 heterocycles. The van der Waals surface area contributed by atoms with Crippen LogP contribution in [0.15, 0.2) is 22.7 Å². The summed E-state index contributed by atoms with van der Waals surface area (Å²) in [5.41, 5.74) is 1.09. The standard InChI is InChI=1S/C16H20ClN3O2/c1-11(2)7-16-18-15(19-22-16)10-20-5-6-21-14-4-3-13(17)8-12(14)9-20/h3-4,8,11H,5-7,9-10H2,1-2H3. The number of rotatable bonds is 4. The summed E-state index contributed by atoms with van der Waals surface area (Å²) in [4.78, 5) is 6.70. The quantitative estimate of drug-likeness (QED) is 0.864. The van der Waals surface area contributed by atoms with Crippen molar-refractivity contribution in [2.45, 2.75) is 33.4 Å². The van der Waals surface area contributed by atoms with E-state index in [1.807, 2.05) is 18.2 Å². The molecule has 0 radical (unpaired) electrons. The summed E-state index contributed by atoms with van der Waals surface area (Å²) in [5.74, 6) is 2.84. The number of ether oxygens (including phenoxy) is 1. The molecule has 0 spiro atoms. The lowest BCUT2D eigenvalue weighted by Gasteiger charge is -2.16. The molecule has 1 aromatic heterocycles. The van der Waals surface area contributed by atoms with Crippen LogP contribution in [0.2, 0.25) is 5.02 Å². The largest absolute Gasteiger partial charge is 0.492 e. The lowest BCUT2D eigenvalue weighted by molar-refractivity contribution is 0.213. The average Bonchev–Trinajstić information content (AvgIpc) is 2.77. The van der Waals surface area contributed by atoms with E-state index in [1.54, 1.807) is 0 Å². The molecule has 1 aromatic carbocycles. The van der Waals surface area contributed by atoms with E-state index in [1.165, 1.54) is 0 Å². The van der Waals surface area contributed by atoms with Gasteiger partial charge in [-0.2, -0.15) is 4.98 Å². The SMILES string of the molecule is CC(C)Cc1nc(CN2CCOc3ccc(Cl)cc3C2)no1. The van der Waals surface area contributed by atoms with Crippen LogP contribution < -0.4 is 4.74 Å². The van der Waals surface area contributed by atoms with E-state index in [0.717, 1.165) is 41.7 Å². The molecular formula is C16H20ClN3O2. The Bertz CT molecular complexity index is 642. The molecule has 0 saturated heterocycles. The summed E-state index contributed by atoms with van der Waals surface area (Å²) in [6, 6.07) is 5.74. The van der Waals surface area contributed by atoms with E-state index < -0.39 is 0 Å². The van der Waals surface area contributed by atoms with Crippen LogP contribution in [0.1, 0.15) is 31.1 Å². The van der Waals surface area contributed by atoms with E-state index in [9.17, 15) is 0 Å². The molecule has 118 valence electrons. The first kappa shape index (κ1) is 15.3. The maximum absolute atomic E-state index is 6.08. The maximum Gasteiger partial charge on any atom is 0.226 e. The highest BCUT2D eigenvalue weighted by Crippen LogP contribution is 2.26. The zero-order valence-electron chi connectivity index (χ0n) is 12.9. The van der Waals surface area contributed by atoms with Gasteiger partial charge in [0.1, 0.15) is 12.4 Å². The van der Waals surface area contributed by atoms with Crippen molar-refractivity contribution in [1.29, 1.82) is 0 Å². The van der Waals surface area contributed by atoms with Crippen LogP contribution in [0.3, 0.4) is 0 Å². The lowest BCUT2D eigenvalue weighted by atomic mass is 10.1. The van der Waals surface area contributed by atoms with Gasteiger partial charge in [0.05, 0.1) is 6.54 Å². The predicted molar refractivity (Wildman–Crippen MR) is 83.9 cm³/mol. The van der Waals surface area contributed by atoms with Gasteiger partial charge in [-0.25, -0.2) is 0 Å². The molecule has 5 nitrogen and oxygen atoms in total. The van der Waals surface area contributed by atoms with Crippen molar-refractivity contribution >= 4 is 11.6 Å². The van der Waals surface area contributed by atoms with Crippen LogP contribution in [0.4, 0.5) is 0 Å². The summed E-state index contributed by atoms with van der Waals surface area (Å²) in [6.45, 7) is 7.15. The Kier molecular flexibility index (Phi) is 4.64. The summed E-state index contributed by atoms with van der Waals surface area (Å²) in [5, 5.41) is 4.80. The number of fused-ring (bicyclic) bond motifs is 1. The number of benzene rings is 1. The van der Waals surface area contributed by atoms with Gasteiger partial charge >= 0.3 is 0 Å². The molecule has 22 heavy (non-hydrogen) atoms. The summed E-state index contributed by atoms with van der Waals surface area (Å²) in [6.07, 6.45) is 0.814. The number of aromatic nitrogens is 2. The minimum atomic E-state index is 0.508. The molecule has 0 N–H and O–H groups in total. The first-order valence-electron chi connectivity index (χ1n) is 7.55. The topological polar surface area (TPSA) is 51.4 Å². The predicted octanol–water partition coefficient (Wildman–Crippen LogP) is 3.32. The minimum absolute atomic E-state index is 0.508. The smallest absolute Gasteiger partial charge is 0.226 e. The lowest BCUT2D eigenvalue weighted by Crippen LogP contribution is -2.25. The molecule has 0 amide bonds. The van der Waals surface area contributed by atoms with Crippen molar-refractivity contribution < 1.29 is 9.26 Å². The number of hydrogen-bond acceptors (Lipinski definition) is 5. The van der Waals surface area contributed by atoms with Gasteiger partial charge in [0.2, 0.25) is 5.89 Å². The van der Waals surface area contributed by atoms with Crippen LogP contribution in [-0.4, -0.2) is 28.2 Å². The molecule has 3 rings (SSSR count). The van der Waals surface area contributed by atoms with Crippen LogP contribution in [0.5, 0.6) is 5.75 Å². The van der Waals surface area contributed by atoms with Gasteiger partial charge in [-0.1, -0.05) is 30.6 Å². The third kappa shape index (κ3) is 3.78. The van der Waals surface area contributed by atoms with Gasteiger partial charge in [-0.15, -0.1) is 0 Å². The summed E-state index contributed by atoms with van der Waals surface area (Å²) in [7, 11) is 0. The molecular weight excluding hydrogens is 302 g/mol. The normalized spacial score (nSPS) is 15.5. The minimum Gasteiger partial charge on any atom is -0.492 e. The molecule has 1 aliphatic heterocycles. The van der Waals surface area contributed by atoms with E-state index >= 15 is 0 Å². The Morgan fingerprint density at radius 2 is 2.23 bits per heavy atom. The van der Waals surface area contributed by atoms with Crippen molar-refractivity contribution in [2.24, 2.45) is 5.92 Å². The van der Waals surface area contributed by atoms with Crippen molar-refractivity contribution in [3.05, 3.63) is 40.5 Å². The fourth-order valence-electron chi connectivity index (χ4n) is 2.54. The molecule has 6 heteroatoms. The second-order valence-electron chi connectivity index (χ2n) is 6.01. The van der Waals surface area contributed by atoms with Crippen LogP contribution in [0, 0.1) is 5.92 Å². The van der Waals surface area contributed by atoms with E-state index in [0.29, 0.717) is 25.0 Å². The monoisotopic (exact) mass is 321 g/mol. The van der Waals surface area contributed by atoms with Crippen LogP contribution in [-0.2, 0) is 19.5 Å². The number of halogens is 1. The Labute approximate surface area is 135 Å². The Morgan fingerprint density at radius 3 is 3.05 bits per heavy atom. The Hall–Kier alpha value is -1.59. The van der Waals surface area contributed by atoms with Crippen molar-refractivity contribution in [1.82, 2.24) is 15.0 Å². The molecule has 0 atom stereocenters. The molecule has 0 saturated carbocycles. The third-order valence-corrected chi connectivity index (χ3v) is 3.77. The highest BCUT2D eigenvalue weighted by Gasteiger charge is 2.18. The fourth-order valence-corrected chi connectivity index (χ4v) is 2.73. The Balaban J connectivity index is 1.69. The average molecular weight is 322 g/mol. The van der Waals surface area contributed by atoms with Crippen molar-refractivity contribution in [2.75, 3.05) is 13.2 Å². The fraction of sp³-hybridized carbons (Fsp3) is 0.500. The third-order valence-electron chi connectivity index (χ3n) is 3.54. The summed E-state index contributed by atoms with van der Waals surface area (Å²) >= 11 is 6.08.